The number of guanidine groups is 1. The summed E-state index contributed by atoms with van der Waals surface area (Å²) in [6.45, 7) is 3.73. The number of nitrogen functional groups attached to an aromatic ring is 1. The predicted octanol–water partition coefficient (Wildman–Crippen LogP) is 1.54. The number of aliphatic hydroxyl groups excluding tert-OH is 1. The molecule has 0 saturated heterocycles. The third-order valence-electron chi connectivity index (χ3n) is 3.61. The van der Waals surface area contributed by atoms with E-state index in [0.717, 1.165) is 6.21 Å². The Morgan fingerprint density at radius 1 is 1.24 bits per heavy atom. The topological polar surface area (TPSA) is 148 Å². The second-order valence-electron chi connectivity index (χ2n) is 6.55. The molecule has 0 saturated carbocycles. The van der Waals surface area contributed by atoms with Gasteiger partial charge in [0.15, 0.2) is 5.78 Å². The summed E-state index contributed by atoms with van der Waals surface area (Å²) in [7, 11) is -4.04. The number of nitrogens with two attached hydrogens (primary N) is 2. The van der Waals surface area contributed by atoms with Crippen LogP contribution in [0.4, 0.5) is 5.69 Å². The van der Waals surface area contributed by atoms with Crippen LogP contribution < -0.4 is 11.5 Å². The molecule has 0 bridgehead atoms. The van der Waals surface area contributed by atoms with Crippen LogP contribution in [-0.4, -0.2) is 31.5 Å². The molecule has 0 heterocycles. The van der Waals surface area contributed by atoms with Gasteiger partial charge >= 0.3 is 0 Å². The van der Waals surface area contributed by atoms with Gasteiger partial charge in [-0.1, -0.05) is 13.8 Å². The predicted molar refractivity (Wildman–Crippen MR) is 95.8 cm³/mol. The maximum atomic E-state index is 12.1. The van der Waals surface area contributed by atoms with Crippen LogP contribution in [0.1, 0.15) is 26.7 Å². The number of carbonyl (C=O) groups is 1. The third kappa shape index (κ3) is 4.66. The van der Waals surface area contributed by atoms with E-state index < -0.39 is 16.0 Å². The summed E-state index contributed by atoms with van der Waals surface area (Å²) in [6.07, 6.45) is 1.62. The van der Waals surface area contributed by atoms with E-state index in [9.17, 15) is 18.3 Å². The van der Waals surface area contributed by atoms with Crippen molar-refractivity contribution in [3.05, 3.63) is 35.6 Å². The van der Waals surface area contributed by atoms with Crippen molar-refractivity contribution in [3.63, 3.8) is 0 Å². The van der Waals surface area contributed by atoms with E-state index in [1.165, 1.54) is 24.3 Å². The number of sulfonamides is 1. The normalized spacial score (nSPS) is 18.8. The number of aliphatic hydroxyl groups is 1. The largest absolute Gasteiger partial charge is 0.511 e. The minimum absolute atomic E-state index is 0.0161. The van der Waals surface area contributed by atoms with Crippen molar-refractivity contribution in [2.75, 3.05) is 5.73 Å². The first-order valence-electron chi connectivity index (χ1n) is 7.45. The van der Waals surface area contributed by atoms with Crippen LogP contribution >= 0.6 is 0 Å². The average molecular weight is 364 g/mol. The van der Waals surface area contributed by atoms with Crippen molar-refractivity contribution in [1.29, 1.82) is 0 Å². The van der Waals surface area contributed by atoms with Gasteiger partial charge in [-0.05, 0) is 29.7 Å². The van der Waals surface area contributed by atoms with E-state index in [1.54, 1.807) is 0 Å². The molecule has 0 fully saturated rings. The SMILES string of the molecule is CC1(C)CC(=O)C(C=NC(N)=NS(=O)(=O)c2ccc(N)cc2)=C(O)C1. The van der Waals surface area contributed by atoms with Crippen LogP contribution in [-0.2, 0) is 14.8 Å². The van der Waals surface area contributed by atoms with Crippen molar-refractivity contribution < 1.29 is 18.3 Å². The number of aliphatic imine (C=N–C) groups is 1. The summed E-state index contributed by atoms with van der Waals surface area (Å²) in [4.78, 5) is 15.7. The number of anilines is 1. The van der Waals surface area contributed by atoms with E-state index >= 15 is 0 Å². The van der Waals surface area contributed by atoms with Gasteiger partial charge < -0.3 is 16.6 Å². The maximum absolute atomic E-state index is 12.1. The second-order valence-corrected chi connectivity index (χ2v) is 8.16. The van der Waals surface area contributed by atoms with Gasteiger partial charge in [-0.25, -0.2) is 4.99 Å². The van der Waals surface area contributed by atoms with Crippen molar-refractivity contribution >= 4 is 33.7 Å². The van der Waals surface area contributed by atoms with Crippen LogP contribution in [0.2, 0.25) is 0 Å². The minimum atomic E-state index is -4.04. The highest BCUT2D eigenvalue weighted by Crippen LogP contribution is 2.35. The molecule has 2 rings (SSSR count). The van der Waals surface area contributed by atoms with Gasteiger partial charge in [-0.3, -0.25) is 4.79 Å². The summed E-state index contributed by atoms with van der Waals surface area (Å²) >= 11 is 0. The first-order chi connectivity index (χ1) is 11.5. The average Bonchev–Trinajstić information content (AvgIpc) is 2.44. The molecular weight excluding hydrogens is 344 g/mol. The molecule has 25 heavy (non-hydrogen) atoms. The van der Waals surface area contributed by atoms with Gasteiger partial charge in [0, 0.05) is 24.7 Å². The van der Waals surface area contributed by atoms with Gasteiger partial charge in [-0.2, -0.15) is 8.42 Å². The van der Waals surface area contributed by atoms with Crippen LogP contribution in [0.25, 0.3) is 0 Å². The highest BCUT2D eigenvalue weighted by molar-refractivity contribution is 7.90. The number of rotatable bonds is 3. The fourth-order valence-corrected chi connectivity index (χ4v) is 3.30. The molecule has 0 radical (unpaired) electrons. The lowest BCUT2D eigenvalue weighted by atomic mass is 9.77. The van der Waals surface area contributed by atoms with Crippen LogP contribution in [0.5, 0.6) is 0 Å². The molecule has 0 aromatic heterocycles. The maximum Gasteiger partial charge on any atom is 0.285 e. The van der Waals surface area contributed by atoms with Crippen LogP contribution in [0.15, 0.2) is 49.9 Å². The van der Waals surface area contributed by atoms with Crippen LogP contribution in [0, 0.1) is 5.41 Å². The molecule has 0 atom stereocenters. The van der Waals surface area contributed by atoms with Gasteiger partial charge in [0.25, 0.3) is 10.0 Å². The lowest BCUT2D eigenvalue weighted by molar-refractivity contribution is -0.117. The number of ketones is 1. The van der Waals surface area contributed by atoms with E-state index in [1.807, 2.05) is 13.8 Å². The minimum Gasteiger partial charge on any atom is -0.511 e. The first-order valence-corrected chi connectivity index (χ1v) is 8.89. The Hall–Kier alpha value is -2.68. The van der Waals surface area contributed by atoms with Gasteiger partial charge in [-0.15, -0.1) is 4.40 Å². The molecule has 1 aliphatic carbocycles. The van der Waals surface area contributed by atoms with E-state index in [2.05, 4.69) is 9.39 Å². The number of hydrogen-bond donors (Lipinski definition) is 3. The molecule has 0 aliphatic heterocycles. The summed E-state index contributed by atoms with van der Waals surface area (Å²) in [5.41, 5.74) is 11.1. The number of allylic oxidation sites excluding steroid dienone is 2. The molecule has 1 aromatic carbocycles. The molecule has 5 N–H and O–H groups in total. The van der Waals surface area contributed by atoms with E-state index in [0.29, 0.717) is 12.1 Å². The van der Waals surface area contributed by atoms with Crippen LogP contribution in [0.3, 0.4) is 0 Å². The molecule has 8 nitrogen and oxygen atoms in total. The number of carbonyl (C=O) groups excluding carboxylic acids is 1. The summed E-state index contributed by atoms with van der Waals surface area (Å²) in [5, 5.41) is 9.98. The first kappa shape index (κ1) is 18.7. The standard InChI is InChI=1S/C16H20N4O4S/c1-16(2)7-13(21)12(14(22)8-16)9-19-15(18)20-25(23,24)11-5-3-10(17)4-6-11/h3-6,9,21H,7-8,17H2,1-2H3,(H2,18,20). The molecule has 1 aromatic rings. The number of benzene rings is 1. The van der Waals surface area contributed by atoms with Gasteiger partial charge in [0.2, 0.25) is 5.96 Å². The van der Waals surface area contributed by atoms with Gasteiger partial charge in [0.1, 0.15) is 5.76 Å². The summed E-state index contributed by atoms with van der Waals surface area (Å²) in [6, 6.07) is 5.44. The Balaban J connectivity index is 2.25. The fourth-order valence-electron chi connectivity index (χ4n) is 2.42. The second kappa shape index (κ2) is 6.67. The zero-order chi connectivity index (χ0) is 18.8. The van der Waals surface area contributed by atoms with E-state index in [-0.39, 0.29) is 33.8 Å². The molecule has 0 amide bonds. The highest BCUT2D eigenvalue weighted by Gasteiger charge is 2.32. The third-order valence-corrected chi connectivity index (χ3v) is 4.91. The zero-order valence-corrected chi connectivity index (χ0v) is 14.7. The van der Waals surface area contributed by atoms with E-state index in [4.69, 9.17) is 11.5 Å². The van der Waals surface area contributed by atoms with Crippen molar-refractivity contribution in [2.24, 2.45) is 20.5 Å². The van der Waals surface area contributed by atoms with Crippen molar-refractivity contribution in [3.8, 4) is 0 Å². The quantitative estimate of drug-likeness (QED) is 0.421. The van der Waals surface area contributed by atoms with Crippen molar-refractivity contribution in [2.45, 2.75) is 31.6 Å². The Kier molecular flexibility index (Phi) is 4.98. The fraction of sp³-hybridized carbons (Fsp3) is 0.312. The lowest BCUT2D eigenvalue weighted by Crippen LogP contribution is -2.26. The summed E-state index contributed by atoms with van der Waals surface area (Å²) in [5.74, 6) is -0.930. The molecule has 9 heteroatoms. The zero-order valence-electron chi connectivity index (χ0n) is 13.9. The van der Waals surface area contributed by atoms with Crippen molar-refractivity contribution in [1.82, 2.24) is 0 Å². The Morgan fingerprint density at radius 2 is 1.84 bits per heavy atom. The monoisotopic (exact) mass is 364 g/mol. The molecular formula is C16H20N4O4S. The molecule has 0 unspecified atom stereocenters. The molecule has 134 valence electrons. The number of nitrogens with zero attached hydrogens (tertiary/aromatic N) is 2. The lowest BCUT2D eigenvalue weighted by Gasteiger charge is -2.28. The summed E-state index contributed by atoms with van der Waals surface area (Å²) < 4.78 is 27.6. The molecule has 0 spiro atoms. The highest BCUT2D eigenvalue weighted by atomic mass is 32.2. The smallest absolute Gasteiger partial charge is 0.285 e. The van der Waals surface area contributed by atoms with Gasteiger partial charge in [0.05, 0.1) is 10.5 Å². The number of Topliss-reactive ketones (excluding diaryl/α,β-unsaturated/α-hetero) is 1. The Morgan fingerprint density at radius 3 is 2.40 bits per heavy atom. The molecule has 1 aliphatic rings. The number of hydrogen-bond acceptors (Lipinski definition) is 5. The Bertz CT molecular complexity index is 881. The Labute approximate surface area is 146 Å².